The third-order valence-electron chi connectivity index (χ3n) is 3.60. The Morgan fingerprint density at radius 3 is 3.11 bits per heavy atom. The number of hydrogen-bond acceptors (Lipinski definition) is 3. The molecule has 0 aromatic heterocycles. The standard InChI is InChI=1S/C14H20FN3O/c1-10(7-11-3-2-4-12(15)8-11)18-6-5-17-9-13(18)14(16)19/h2-4,8,10,13,17H,5-7,9H2,1H3,(H2,16,19). The lowest BCUT2D eigenvalue weighted by atomic mass is 10.0. The highest BCUT2D eigenvalue weighted by atomic mass is 19.1. The molecule has 1 heterocycles. The van der Waals surface area contributed by atoms with Crippen molar-refractivity contribution in [3.8, 4) is 0 Å². The van der Waals surface area contributed by atoms with E-state index in [1.165, 1.54) is 12.1 Å². The second kappa shape index (κ2) is 6.12. The van der Waals surface area contributed by atoms with Gasteiger partial charge in [0, 0.05) is 25.7 Å². The molecule has 4 nitrogen and oxygen atoms in total. The van der Waals surface area contributed by atoms with Crippen molar-refractivity contribution >= 4 is 5.91 Å². The van der Waals surface area contributed by atoms with Gasteiger partial charge in [-0.25, -0.2) is 4.39 Å². The Balaban J connectivity index is 2.05. The molecule has 104 valence electrons. The van der Waals surface area contributed by atoms with Gasteiger partial charge in [-0.15, -0.1) is 0 Å². The zero-order chi connectivity index (χ0) is 13.8. The molecule has 3 N–H and O–H groups in total. The van der Waals surface area contributed by atoms with Crippen molar-refractivity contribution < 1.29 is 9.18 Å². The van der Waals surface area contributed by atoms with Gasteiger partial charge in [0.05, 0.1) is 0 Å². The lowest BCUT2D eigenvalue weighted by molar-refractivity contribution is -0.124. The van der Waals surface area contributed by atoms with Crippen molar-refractivity contribution in [2.75, 3.05) is 19.6 Å². The maximum Gasteiger partial charge on any atom is 0.236 e. The Labute approximate surface area is 112 Å². The topological polar surface area (TPSA) is 58.4 Å². The summed E-state index contributed by atoms with van der Waals surface area (Å²) >= 11 is 0. The first-order valence-corrected chi connectivity index (χ1v) is 6.58. The Kier molecular flexibility index (Phi) is 4.50. The van der Waals surface area contributed by atoms with E-state index in [-0.39, 0.29) is 23.8 Å². The quantitative estimate of drug-likeness (QED) is 0.834. The average Bonchev–Trinajstić information content (AvgIpc) is 2.38. The van der Waals surface area contributed by atoms with Crippen LogP contribution in [0.2, 0.25) is 0 Å². The molecule has 5 heteroatoms. The largest absolute Gasteiger partial charge is 0.368 e. The fourth-order valence-electron chi connectivity index (χ4n) is 2.63. The molecule has 19 heavy (non-hydrogen) atoms. The number of primary amides is 1. The number of nitrogens with one attached hydrogen (secondary N) is 1. The van der Waals surface area contributed by atoms with Crippen LogP contribution in [0.1, 0.15) is 12.5 Å². The number of nitrogens with zero attached hydrogens (tertiary/aromatic N) is 1. The van der Waals surface area contributed by atoms with Crippen LogP contribution in [0.4, 0.5) is 4.39 Å². The van der Waals surface area contributed by atoms with Crippen molar-refractivity contribution in [1.29, 1.82) is 0 Å². The number of carbonyl (C=O) groups is 1. The molecule has 2 unspecified atom stereocenters. The van der Waals surface area contributed by atoms with Crippen molar-refractivity contribution in [2.45, 2.75) is 25.4 Å². The summed E-state index contributed by atoms with van der Waals surface area (Å²) in [6, 6.07) is 6.46. The summed E-state index contributed by atoms with van der Waals surface area (Å²) < 4.78 is 13.2. The predicted molar refractivity (Wildman–Crippen MR) is 72.1 cm³/mol. The number of piperazine rings is 1. The van der Waals surface area contributed by atoms with E-state index in [9.17, 15) is 9.18 Å². The fraction of sp³-hybridized carbons (Fsp3) is 0.500. The van der Waals surface area contributed by atoms with Gasteiger partial charge in [0.1, 0.15) is 11.9 Å². The first kappa shape index (κ1) is 14.0. The van der Waals surface area contributed by atoms with Gasteiger partial charge < -0.3 is 11.1 Å². The summed E-state index contributed by atoms with van der Waals surface area (Å²) in [6.45, 7) is 4.26. The van der Waals surface area contributed by atoms with E-state index in [1.807, 2.05) is 13.0 Å². The van der Waals surface area contributed by atoms with Crippen LogP contribution in [-0.2, 0) is 11.2 Å². The SMILES string of the molecule is CC(Cc1cccc(F)c1)N1CCNCC1C(N)=O. The lowest BCUT2D eigenvalue weighted by Gasteiger charge is -2.38. The first-order valence-electron chi connectivity index (χ1n) is 6.58. The second-order valence-electron chi connectivity index (χ2n) is 5.04. The summed E-state index contributed by atoms with van der Waals surface area (Å²) in [5.41, 5.74) is 6.37. The molecular formula is C14H20FN3O. The fourth-order valence-corrected chi connectivity index (χ4v) is 2.63. The minimum absolute atomic E-state index is 0.154. The summed E-state index contributed by atoms with van der Waals surface area (Å²) in [5.74, 6) is -0.533. The van der Waals surface area contributed by atoms with Crippen LogP contribution in [0.3, 0.4) is 0 Å². The molecule has 0 spiro atoms. The van der Waals surface area contributed by atoms with Crippen LogP contribution >= 0.6 is 0 Å². The van der Waals surface area contributed by atoms with Crippen molar-refractivity contribution in [3.63, 3.8) is 0 Å². The van der Waals surface area contributed by atoms with E-state index in [0.29, 0.717) is 13.0 Å². The van der Waals surface area contributed by atoms with E-state index in [4.69, 9.17) is 5.73 Å². The van der Waals surface area contributed by atoms with Gasteiger partial charge >= 0.3 is 0 Å². The van der Waals surface area contributed by atoms with Gasteiger partial charge in [-0.1, -0.05) is 12.1 Å². The summed E-state index contributed by atoms with van der Waals surface area (Å²) in [4.78, 5) is 13.6. The van der Waals surface area contributed by atoms with Crippen LogP contribution in [0.25, 0.3) is 0 Å². The molecule has 1 amide bonds. The summed E-state index contributed by atoms with van der Waals surface area (Å²) in [5, 5.41) is 3.17. The molecule has 1 saturated heterocycles. The molecule has 1 aromatic rings. The van der Waals surface area contributed by atoms with Gasteiger partial charge in [0.2, 0.25) is 5.91 Å². The number of carbonyl (C=O) groups excluding carboxylic acids is 1. The Morgan fingerprint density at radius 2 is 2.42 bits per heavy atom. The van der Waals surface area contributed by atoms with Crippen molar-refractivity contribution in [2.24, 2.45) is 5.73 Å². The molecular weight excluding hydrogens is 245 g/mol. The van der Waals surface area contributed by atoms with Gasteiger partial charge in [-0.05, 0) is 31.0 Å². The van der Waals surface area contributed by atoms with Crippen molar-refractivity contribution in [3.05, 3.63) is 35.6 Å². The average molecular weight is 265 g/mol. The highest BCUT2D eigenvalue weighted by molar-refractivity contribution is 5.80. The molecule has 2 rings (SSSR count). The first-order chi connectivity index (χ1) is 9.08. The van der Waals surface area contributed by atoms with E-state index < -0.39 is 0 Å². The zero-order valence-electron chi connectivity index (χ0n) is 11.1. The normalized spacial score (nSPS) is 22.1. The number of hydrogen-bond donors (Lipinski definition) is 2. The van der Waals surface area contributed by atoms with Crippen LogP contribution in [-0.4, -0.2) is 42.5 Å². The highest BCUT2D eigenvalue weighted by Crippen LogP contribution is 2.14. The van der Waals surface area contributed by atoms with Gasteiger partial charge in [0.15, 0.2) is 0 Å². The summed E-state index contributed by atoms with van der Waals surface area (Å²) in [7, 11) is 0. The second-order valence-corrected chi connectivity index (χ2v) is 5.04. The van der Waals surface area contributed by atoms with E-state index in [0.717, 1.165) is 18.7 Å². The molecule has 0 radical (unpaired) electrons. The van der Waals surface area contributed by atoms with E-state index in [2.05, 4.69) is 10.2 Å². The monoisotopic (exact) mass is 265 g/mol. The molecule has 0 aliphatic carbocycles. The third-order valence-corrected chi connectivity index (χ3v) is 3.60. The van der Waals surface area contributed by atoms with Crippen LogP contribution < -0.4 is 11.1 Å². The molecule has 0 saturated carbocycles. The molecule has 1 fully saturated rings. The maximum atomic E-state index is 13.2. The smallest absolute Gasteiger partial charge is 0.236 e. The molecule has 1 aliphatic heterocycles. The Hall–Kier alpha value is -1.46. The number of halogens is 1. The van der Waals surface area contributed by atoms with Gasteiger partial charge in [-0.3, -0.25) is 9.69 Å². The lowest BCUT2D eigenvalue weighted by Crippen LogP contribution is -2.59. The number of rotatable bonds is 4. The number of amides is 1. The predicted octanol–water partition coefficient (Wildman–Crippen LogP) is 0.516. The van der Waals surface area contributed by atoms with Crippen LogP contribution in [0, 0.1) is 5.82 Å². The third kappa shape index (κ3) is 3.52. The Bertz CT molecular complexity index is 452. The molecule has 2 atom stereocenters. The van der Waals surface area contributed by atoms with Crippen LogP contribution in [0.15, 0.2) is 24.3 Å². The van der Waals surface area contributed by atoms with Crippen molar-refractivity contribution in [1.82, 2.24) is 10.2 Å². The maximum absolute atomic E-state index is 13.2. The minimum Gasteiger partial charge on any atom is -0.368 e. The van der Waals surface area contributed by atoms with Gasteiger partial charge in [0.25, 0.3) is 0 Å². The van der Waals surface area contributed by atoms with E-state index >= 15 is 0 Å². The zero-order valence-corrected chi connectivity index (χ0v) is 11.1. The number of benzene rings is 1. The Morgan fingerprint density at radius 1 is 1.63 bits per heavy atom. The number of nitrogens with two attached hydrogens (primary N) is 1. The summed E-state index contributed by atoms with van der Waals surface area (Å²) in [6.07, 6.45) is 0.710. The van der Waals surface area contributed by atoms with Gasteiger partial charge in [-0.2, -0.15) is 0 Å². The van der Waals surface area contributed by atoms with E-state index in [1.54, 1.807) is 6.07 Å². The molecule has 1 aliphatic rings. The molecule has 1 aromatic carbocycles. The highest BCUT2D eigenvalue weighted by Gasteiger charge is 2.30. The minimum atomic E-state index is -0.307. The molecule has 0 bridgehead atoms. The van der Waals surface area contributed by atoms with Crippen LogP contribution in [0.5, 0.6) is 0 Å².